The first-order chi connectivity index (χ1) is 8.58. The van der Waals surface area contributed by atoms with Crippen molar-refractivity contribution >= 4 is 11.6 Å². The minimum atomic E-state index is -0.451. The van der Waals surface area contributed by atoms with Crippen LogP contribution in [0.3, 0.4) is 0 Å². The van der Waals surface area contributed by atoms with Crippen molar-refractivity contribution in [1.82, 2.24) is 19.7 Å². The molecule has 0 bridgehead atoms. The Morgan fingerprint density at radius 3 is 2.89 bits per heavy atom. The molecule has 0 fully saturated rings. The van der Waals surface area contributed by atoms with Crippen LogP contribution in [0.5, 0.6) is 0 Å². The van der Waals surface area contributed by atoms with Gasteiger partial charge in [0.1, 0.15) is 6.54 Å². The Hall–Kier alpha value is -2.44. The first-order valence-corrected chi connectivity index (χ1v) is 5.41. The Kier molecular flexibility index (Phi) is 3.22. The highest BCUT2D eigenvalue weighted by Crippen LogP contribution is 2.15. The molecule has 0 aliphatic rings. The van der Waals surface area contributed by atoms with Crippen LogP contribution in [-0.4, -0.2) is 25.7 Å². The van der Waals surface area contributed by atoms with Crippen molar-refractivity contribution in [2.75, 3.05) is 5.32 Å². The summed E-state index contributed by atoms with van der Waals surface area (Å²) in [4.78, 5) is 26.7. The molecule has 0 radical (unpaired) electrons. The SMILES string of the molecule is Cc1n[nH]c(C)c1NC(=O)Cn1cccnc1=O. The number of carbonyl (C=O) groups excluding carboxylic acids is 1. The summed E-state index contributed by atoms with van der Waals surface area (Å²) < 4.78 is 1.24. The molecular formula is C11H13N5O2. The topological polar surface area (TPSA) is 92.7 Å². The molecule has 18 heavy (non-hydrogen) atoms. The van der Waals surface area contributed by atoms with Gasteiger partial charge in [-0.15, -0.1) is 0 Å². The zero-order chi connectivity index (χ0) is 13.1. The second kappa shape index (κ2) is 4.82. The van der Waals surface area contributed by atoms with Crippen LogP contribution in [0.4, 0.5) is 5.69 Å². The average Bonchev–Trinajstić information content (AvgIpc) is 2.64. The Bertz CT molecular complexity index is 609. The van der Waals surface area contributed by atoms with E-state index in [0.29, 0.717) is 11.4 Å². The summed E-state index contributed by atoms with van der Waals surface area (Å²) in [6.07, 6.45) is 2.91. The molecule has 0 saturated heterocycles. The van der Waals surface area contributed by atoms with E-state index < -0.39 is 5.69 Å². The van der Waals surface area contributed by atoms with E-state index in [2.05, 4.69) is 20.5 Å². The monoisotopic (exact) mass is 247 g/mol. The molecule has 0 aromatic carbocycles. The fourth-order valence-electron chi connectivity index (χ4n) is 1.58. The number of hydrogen-bond acceptors (Lipinski definition) is 4. The molecule has 0 spiro atoms. The summed E-state index contributed by atoms with van der Waals surface area (Å²) in [5, 5.41) is 9.46. The van der Waals surface area contributed by atoms with Gasteiger partial charge in [-0.05, 0) is 19.9 Å². The fourth-order valence-corrected chi connectivity index (χ4v) is 1.58. The third-order valence-corrected chi connectivity index (χ3v) is 2.49. The van der Waals surface area contributed by atoms with Crippen LogP contribution in [0.1, 0.15) is 11.4 Å². The van der Waals surface area contributed by atoms with Gasteiger partial charge in [0.25, 0.3) is 0 Å². The van der Waals surface area contributed by atoms with Gasteiger partial charge >= 0.3 is 5.69 Å². The van der Waals surface area contributed by atoms with Crippen LogP contribution in [-0.2, 0) is 11.3 Å². The molecule has 0 saturated carbocycles. The fraction of sp³-hybridized carbons (Fsp3) is 0.273. The Morgan fingerprint density at radius 2 is 2.28 bits per heavy atom. The standard InChI is InChI=1S/C11H13N5O2/c1-7-10(8(2)15-14-7)13-9(17)6-16-5-3-4-12-11(16)18/h3-5H,6H2,1-2H3,(H,13,17)(H,14,15). The largest absolute Gasteiger partial charge is 0.347 e. The van der Waals surface area contributed by atoms with E-state index in [1.165, 1.54) is 17.0 Å². The van der Waals surface area contributed by atoms with E-state index >= 15 is 0 Å². The van der Waals surface area contributed by atoms with Gasteiger partial charge in [-0.2, -0.15) is 5.10 Å². The molecule has 2 N–H and O–H groups in total. The smallest absolute Gasteiger partial charge is 0.321 e. The lowest BCUT2D eigenvalue weighted by molar-refractivity contribution is -0.116. The highest BCUT2D eigenvalue weighted by atomic mass is 16.2. The summed E-state index contributed by atoms with van der Waals surface area (Å²) in [6, 6.07) is 1.60. The van der Waals surface area contributed by atoms with Gasteiger partial charge in [-0.1, -0.05) is 0 Å². The minimum Gasteiger partial charge on any atom is -0.321 e. The normalized spacial score (nSPS) is 10.3. The first-order valence-electron chi connectivity index (χ1n) is 5.41. The molecule has 2 heterocycles. The van der Waals surface area contributed by atoms with Crippen LogP contribution in [0.15, 0.2) is 23.3 Å². The van der Waals surface area contributed by atoms with Gasteiger partial charge < -0.3 is 5.32 Å². The number of H-pyrrole nitrogens is 1. The molecule has 0 atom stereocenters. The molecule has 2 aromatic heterocycles. The van der Waals surface area contributed by atoms with Crippen molar-refractivity contribution in [2.45, 2.75) is 20.4 Å². The first kappa shape index (κ1) is 12.0. The summed E-state index contributed by atoms with van der Waals surface area (Å²) in [7, 11) is 0. The predicted molar refractivity (Wildman–Crippen MR) is 65.2 cm³/mol. The summed E-state index contributed by atoms with van der Waals surface area (Å²) in [6.45, 7) is 3.53. The van der Waals surface area contributed by atoms with Crippen LogP contribution in [0.25, 0.3) is 0 Å². The number of carbonyl (C=O) groups is 1. The third-order valence-electron chi connectivity index (χ3n) is 2.49. The van der Waals surface area contributed by atoms with Crippen LogP contribution < -0.4 is 11.0 Å². The second-order valence-corrected chi connectivity index (χ2v) is 3.89. The summed E-state index contributed by atoms with van der Waals surface area (Å²) in [5.41, 5.74) is 1.68. The van der Waals surface area contributed by atoms with Crippen molar-refractivity contribution in [3.63, 3.8) is 0 Å². The molecule has 2 aromatic rings. The lowest BCUT2D eigenvalue weighted by Crippen LogP contribution is -2.28. The zero-order valence-corrected chi connectivity index (χ0v) is 10.1. The molecule has 7 nitrogen and oxygen atoms in total. The Labute approximate surface area is 103 Å². The van der Waals surface area contributed by atoms with Gasteiger partial charge in [-0.25, -0.2) is 9.78 Å². The number of amides is 1. The van der Waals surface area contributed by atoms with E-state index in [0.717, 1.165) is 5.69 Å². The van der Waals surface area contributed by atoms with E-state index in [4.69, 9.17) is 0 Å². The maximum atomic E-state index is 11.8. The number of aromatic amines is 1. The highest BCUT2D eigenvalue weighted by Gasteiger charge is 2.10. The van der Waals surface area contributed by atoms with Crippen molar-refractivity contribution in [2.24, 2.45) is 0 Å². The Morgan fingerprint density at radius 1 is 1.50 bits per heavy atom. The highest BCUT2D eigenvalue weighted by molar-refractivity contribution is 5.91. The summed E-state index contributed by atoms with van der Waals surface area (Å²) in [5.74, 6) is -0.294. The number of rotatable bonds is 3. The molecule has 0 aliphatic carbocycles. The van der Waals surface area contributed by atoms with Crippen molar-refractivity contribution < 1.29 is 4.79 Å². The van der Waals surface area contributed by atoms with E-state index in [-0.39, 0.29) is 12.5 Å². The van der Waals surface area contributed by atoms with Crippen LogP contribution in [0, 0.1) is 13.8 Å². The number of nitrogens with one attached hydrogen (secondary N) is 2. The minimum absolute atomic E-state index is 0.0727. The molecule has 94 valence electrons. The quantitative estimate of drug-likeness (QED) is 0.811. The Balaban J connectivity index is 2.11. The average molecular weight is 247 g/mol. The van der Waals surface area contributed by atoms with Gasteiger partial charge in [0, 0.05) is 12.4 Å². The maximum Gasteiger partial charge on any atom is 0.347 e. The van der Waals surface area contributed by atoms with Gasteiger partial charge in [0.05, 0.1) is 17.1 Å². The molecular weight excluding hydrogens is 234 g/mol. The van der Waals surface area contributed by atoms with Crippen molar-refractivity contribution in [1.29, 1.82) is 0 Å². The molecule has 1 amide bonds. The van der Waals surface area contributed by atoms with E-state index in [1.54, 1.807) is 13.0 Å². The number of aryl methyl sites for hydroxylation is 2. The zero-order valence-electron chi connectivity index (χ0n) is 10.1. The van der Waals surface area contributed by atoms with Crippen LogP contribution in [0.2, 0.25) is 0 Å². The molecule has 2 rings (SSSR count). The number of nitrogens with zero attached hydrogens (tertiary/aromatic N) is 3. The van der Waals surface area contributed by atoms with Crippen molar-refractivity contribution in [3.8, 4) is 0 Å². The summed E-state index contributed by atoms with van der Waals surface area (Å²) >= 11 is 0. The van der Waals surface area contributed by atoms with Gasteiger partial charge in [0.2, 0.25) is 5.91 Å². The molecule has 0 aliphatic heterocycles. The number of anilines is 1. The van der Waals surface area contributed by atoms with E-state index in [9.17, 15) is 9.59 Å². The lowest BCUT2D eigenvalue weighted by Gasteiger charge is -2.06. The molecule has 7 heteroatoms. The van der Waals surface area contributed by atoms with Gasteiger partial charge in [0.15, 0.2) is 0 Å². The second-order valence-electron chi connectivity index (χ2n) is 3.89. The van der Waals surface area contributed by atoms with Crippen molar-refractivity contribution in [3.05, 3.63) is 40.3 Å². The molecule has 0 unspecified atom stereocenters. The lowest BCUT2D eigenvalue weighted by atomic mass is 10.3. The van der Waals surface area contributed by atoms with E-state index in [1.807, 2.05) is 6.92 Å². The number of hydrogen-bond donors (Lipinski definition) is 2. The maximum absolute atomic E-state index is 11.8. The number of aromatic nitrogens is 4. The third kappa shape index (κ3) is 2.45. The predicted octanol–water partition coefficient (Wildman–Crippen LogP) is 0.222. The van der Waals surface area contributed by atoms with Crippen LogP contribution >= 0.6 is 0 Å². The van der Waals surface area contributed by atoms with Gasteiger partial charge in [-0.3, -0.25) is 14.5 Å².